The van der Waals surface area contributed by atoms with Gasteiger partial charge >= 0.3 is 0 Å². The van der Waals surface area contributed by atoms with Gasteiger partial charge in [-0.2, -0.15) is 0 Å². The number of amides is 2. The average molecular weight is 301 g/mol. The predicted octanol–water partition coefficient (Wildman–Crippen LogP) is 1.66. The number of rotatable bonds is 2. The molecule has 2 N–H and O–H groups in total. The quantitative estimate of drug-likeness (QED) is 0.674. The van der Waals surface area contributed by atoms with E-state index in [4.69, 9.17) is 18.0 Å². The van der Waals surface area contributed by atoms with Crippen LogP contribution < -0.4 is 10.6 Å². The summed E-state index contributed by atoms with van der Waals surface area (Å²) in [6.45, 7) is 0. The van der Waals surface area contributed by atoms with Gasteiger partial charge in [-0.15, -0.1) is 0 Å². The van der Waals surface area contributed by atoms with Gasteiger partial charge in [-0.25, -0.2) is 9.29 Å². The lowest BCUT2D eigenvalue weighted by Gasteiger charge is -2.15. The van der Waals surface area contributed by atoms with E-state index < -0.39 is 17.6 Å². The van der Waals surface area contributed by atoms with Crippen molar-refractivity contribution in [1.82, 2.24) is 4.98 Å². The number of hydrogen-bond acceptors (Lipinski definition) is 4. The van der Waals surface area contributed by atoms with Gasteiger partial charge in [0.05, 0.1) is 16.8 Å². The number of nitrogens with zero attached hydrogens (tertiary/aromatic N) is 2. The Kier molecular flexibility index (Phi) is 2.99. The summed E-state index contributed by atoms with van der Waals surface area (Å²) in [6.07, 6.45) is 2.69. The number of carbonyl (C=O) groups excluding carboxylic acids is 2. The molecule has 21 heavy (non-hydrogen) atoms. The van der Waals surface area contributed by atoms with E-state index in [9.17, 15) is 14.0 Å². The zero-order chi connectivity index (χ0) is 15.1. The molecule has 0 fully saturated rings. The summed E-state index contributed by atoms with van der Waals surface area (Å²) in [4.78, 5) is 29.1. The Morgan fingerprint density at radius 2 is 1.90 bits per heavy atom. The molecule has 1 aliphatic heterocycles. The number of anilines is 1. The number of carbonyl (C=O) groups is 2. The first kappa shape index (κ1) is 13.3. The van der Waals surface area contributed by atoms with Crippen LogP contribution >= 0.6 is 12.2 Å². The molecule has 0 bridgehead atoms. The zero-order valence-electron chi connectivity index (χ0n) is 10.5. The van der Waals surface area contributed by atoms with Gasteiger partial charge in [-0.05, 0) is 24.3 Å². The molecule has 0 aliphatic carbocycles. The van der Waals surface area contributed by atoms with Gasteiger partial charge in [-0.1, -0.05) is 12.2 Å². The lowest BCUT2D eigenvalue weighted by Crippen LogP contribution is -2.30. The minimum absolute atomic E-state index is 0.0343. The van der Waals surface area contributed by atoms with E-state index in [1.165, 1.54) is 30.6 Å². The highest BCUT2D eigenvalue weighted by atomic mass is 32.1. The van der Waals surface area contributed by atoms with Crippen LogP contribution in [0.3, 0.4) is 0 Å². The maximum absolute atomic E-state index is 14.2. The monoisotopic (exact) mass is 301 g/mol. The van der Waals surface area contributed by atoms with E-state index >= 15 is 0 Å². The number of pyridine rings is 1. The highest BCUT2D eigenvalue weighted by molar-refractivity contribution is 7.80. The van der Waals surface area contributed by atoms with Crippen molar-refractivity contribution >= 4 is 34.7 Å². The molecule has 0 saturated heterocycles. The third-order valence-electron chi connectivity index (χ3n) is 3.16. The molecule has 0 spiro atoms. The van der Waals surface area contributed by atoms with Gasteiger partial charge in [0, 0.05) is 18.0 Å². The van der Waals surface area contributed by atoms with Crippen molar-refractivity contribution in [3.8, 4) is 0 Å². The second-order valence-corrected chi connectivity index (χ2v) is 4.84. The summed E-state index contributed by atoms with van der Waals surface area (Å²) in [5.41, 5.74) is 5.96. The first-order valence-electron chi connectivity index (χ1n) is 5.93. The standard InChI is InChI=1S/C14H8FN3O2S/c15-10-5-7(12(16)21)1-2-11(10)18-13(19)8-3-4-17-6-9(8)14(18)20/h1-6H,(H2,16,21). The minimum atomic E-state index is -0.747. The van der Waals surface area contributed by atoms with Gasteiger partial charge in [0.15, 0.2) is 0 Å². The number of halogens is 1. The SMILES string of the molecule is NC(=S)c1ccc(N2C(=O)c3ccncc3C2=O)c(F)c1. The van der Waals surface area contributed by atoms with Crippen molar-refractivity contribution in [2.24, 2.45) is 5.73 Å². The maximum atomic E-state index is 14.2. The van der Waals surface area contributed by atoms with Crippen LogP contribution in [0.2, 0.25) is 0 Å². The topological polar surface area (TPSA) is 76.3 Å². The Bertz CT molecular complexity index is 772. The lowest BCUT2D eigenvalue weighted by atomic mass is 10.2. The normalized spacial score (nSPS) is 13.5. The second kappa shape index (κ2) is 4.71. The van der Waals surface area contributed by atoms with Crippen LogP contribution in [0.4, 0.5) is 10.1 Å². The number of benzene rings is 1. The smallest absolute Gasteiger partial charge is 0.267 e. The summed E-state index contributed by atoms with van der Waals surface area (Å²) in [5, 5.41) is 0. The molecular weight excluding hydrogens is 293 g/mol. The largest absolute Gasteiger partial charge is 0.389 e. The van der Waals surface area contributed by atoms with E-state index in [0.717, 1.165) is 11.0 Å². The highest BCUT2D eigenvalue weighted by Crippen LogP contribution is 2.30. The van der Waals surface area contributed by atoms with Crippen LogP contribution in [-0.2, 0) is 0 Å². The van der Waals surface area contributed by atoms with Gasteiger partial charge in [-0.3, -0.25) is 14.6 Å². The third-order valence-corrected chi connectivity index (χ3v) is 3.40. The van der Waals surface area contributed by atoms with Crippen molar-refractivity contribution in [1.29, 1.82) is 0 Å². The van der Waals surface area contributed by atoms with Gasteiger partial charge in [0.25, 0.3) is 11.8 Å². The van der Waals surface area contributed by atoms with Crippen molar-refractivity contribution in [2.75, 3.05) is 4.90 Å². The average Bonchev–Trinajstić information content (AvgIpc) is 2.72. The van der Waals surface area contributed by atoms with E-state index in [1.54, 1.807) is 0 Å². The molecule has 2 amide bonds. The Labute approximate surface area is 124 Å². The number of fused-ring (bicyclic) bond motifs is 1. The molecule has 0 saturated carbocycles. The first-order chi connectivity index (χ1) is 10.0. The molecule has 104 valence electrons. The Balaban J connectivity index is 2.09. The predicted molar refractivity (Wildman–Crippen MR) is 77.7 cm³/mol. The molecule has 7 heteroatoms. The molecule has 2 aromatic rings. The number of aromatic nitrogens is 1. The molecular formula is C14H8FN3O2S. The Hall–Kier alpha value is -2.67. The van der Waals surface area contributed by atoms with Gasteiger partial charge in [0.1, 0.15) is 10.8 Å². The van der Waals surface area contributed by atoms with Crippen LogP contribution in [0, 0.1) is 5.82 Å². The van der Waals surface area contributed by atoms with Crippen molar-refractivity contribution in [3.05, 3.63) is 59.2 Å². The Morgan fingerprint density at radius 1 is 1.19 bits per heavy atom. The number of thiocarbonyl (C=S) groups is 1. The molecule has 2 heterocycles. The van der Waals surface area contributed by atoms with Crippen LogP contribution in [0.1, 0.15) is 26.3 Å². The van der Waals surface area contributed by atoms with Crippen molar-refractivity contribution in [2.45, 2.75) is 0 Å². The number of hydrogen-bond donors (Lipinski definition) is 1. The van der Waals surface area contributed by atoms with E-state index in [-0.39, 0.29) is 21.8 Å². The summed E-state index contributed by atoms with van der Waals surface area (Å²) >= 11 is 4.76. The van der Waals surface area contributed by atoms with Crippen molar-refractivity contribution in [3.63, 3.8) is 0 Å². The molecule has 5 nitrogen and oxygen atoms in total. The summed E-state index contributed by atoms with van der Waals surface area (Å²) in [6, 6.07) is 5.29. The van der Waals surface area contributed by atoms with Crippen LogP contribution in [0.25, 0.3) is 0 Å². The number of imide groups is 1. The first-order valence-corrected chi connectivity index (χ1v) is 6.33. The lowest BCUT2D eigenvalue weighted by molar-refractivity contribution is 0.0925. The summed E-state index contributed by atoms with van der Waals surface area (Å²) in [7, 11) is 0. The fourth-order valence-corrected chi connectivity index (χ4v) is 2.27. The van der Waals surface area contributed by atoms with E-state index in [0.29, 0.717) is 5.56 Å². The zero-order valence-corrected chi connectivity index (χ0v) is 11.4. The molecule has 1 aromatic heterocycles. The highest BCUT2D eigenvalue weighted by Gasteiger charge is 2.38. The molecule has 1 aromatic carbocycles. The molecule has 1 aliphatic rings. The molecule has 0 radical (unpaired) electrons. The maximum Gasteiger partial charge on any atom is 0.267 e. The summed E-state index contributed by atoms with van der Waals surface area (Å²) in [5.74, 6) is -1.94. The van der Waals surface area contributed by atoms with Crippen LogP contribution in [0.5, 0.6) is 0 Å². The van der Waals surface area contributed by atoms with E-state index in [1.807, 2.05) is 0 Å². The van der Waals surface area contributed by atoms with Crippen LogP contribution in [0.15, 0.2) is 36.7 Å². The van der Waals surface area contributed by atoms with E-state index in [2.05, 4.69) is 4.98 Å². The second-order valence-electron chi connectivity index (χ2n) is 4.40. The van der Waals surface area contributed by atoms with Gasteiger partial charge < -0.3 is 5.73 Å². The minimum Gasteiger partial charge on any atom is -0.389 e. The van der Waals surface area contributed by atoms with Crippen molar-refractivity contribution < 1.29 is 14.0 Å². The summed E-state index contributed by atoms with van der Waals surface area (Å²) < 4.78 is 14.2. The Morgan fingerprint density at radius 3 is 2.52 bits per heavy atom. The number of nitrogens with two attached hydrogens (primary N) is 1. The van der Waals surface area contributed by atoms with Crippen LogP contribution in [-0.4, -0.2) is 21.8 Å². The fourth-order valence-electron chi connectivity index (χ4n) is 2.14. The molecule has 3 rings (SSSR count). The van der Waals surface area contributed by atoms with Gasteiger partial charge in [0.2, 0.25) is 0 Å². The molecule has 0 unspecified atom stereocenters. The molecule has 0 atom stereocenters. The third kappa shape index (κ3) is 1.98. The fraction of sp³-hybridized carbons (Fsp3) is 0.